The Morgan fingerprint density at radius 1 is 1.29 bits per heavy atom. The summed E-state index contributed by atoms with van der Waals surface area (Å²) in [5, 5.41) is 7.62. The van der Waals surface area contributed by atoms with Gasteiger partial charge in [-0.05, 0) is 37.0 Å². The van der Waals surface area contributed by atoms with Crippen molar-refractivity contribution in [2.75, 3.05) is 6.54 Å². The lowest BCUT2D eigenvalue weighted by Gasteiger charge is -2.21. The summed E-state index contributed by atoms with van der Waals surface area (Å²) in [6.45, 7) is 0.523. The van der Waals surface area contributed by atoms with E-state index in [4.69, 9.17) is 5.14 Å². The maximum absolute atomic E-state index is 13.8. The summed E-state index contributed by atoms with van der Waals surface area (Å²) < 4.78 is 36.0. The highest BCUT2D eigenvalue weighted by Gasteiger charge is 2.18. The molecule has 0 unspecified atom stereocenters. The first-order valence-electron chi connectivity index (χ1n) is 6.98. The molecule has 0 radical (unpaired) electrons. The number of amides is 1. The minimum Gasteiger partial charge on any atom is -0.352 e. The fourth-order valence-corrected chi connectivity index (χ4v) is 3.11. The van der Waals surface area contributed by atoms with Gasteiger partial charge in [0.1, 0.15) is 5.82 Å². The summed E-state index contributed by atoms with van der Waals surface area (Å²) in [4.78, 5) is 11.6. The Morgan fingerprint density at radius 3 is 2.52 bits per heavy atom. The third-order valence-corrected chi connectivity index (χ3v) is 4.70. The molecule has 0 saturated heterocycles. The van der Waals surface area contributed by atoms with Crippen LogP contribution in [0.2, 0.25) is 0 Å². The minimum absolute atomic E-state index is 0.168. The molecule has 1 aliphatic carbocycles. The van der Waals surface area contributed by atoms with Gasteiger partial charge in [-0.25, -0.2) is 17.9 Å². The molecule has 0 heterocycles. The highest BCUT2D eigenvalue weighted by Crippen LogP contribution is 2.23. The van der Waals surface area contributed by atoms with E-state index in [1.165, 1.54) is 6.42 Å². The van der Waals surface area contributed by atoms with Crippen molar-refractivity contribution < 1.29 is 17.6 Å². The van der Waals surface area contributed by atoms with Gasteiger partial charge in [0, 0.05) is 6.54 Å². The molecule has 0 atom stereocenters. The Bertz CT molecular complexity index is 625. The molecule has 1 aromatic rings. The van der Waals surface area contributed by atoms with E-state index in [0.717, 1.165) is 43.9 Å². The van der Waals surface area contributed by atoms with Crippen molar-refractivity contribution in [3.8, 4) is 0 Å². The fourth-order valence-electron chi connectivity index (χ4n) is 2.58. The van der Waals surface area contributed by atoms with Gasteiger partial charge in [-0.3, -0.25) is 4.79 Å². The van der Waals surface area contributed by atoms with Crippen LogP contribution in [0.1, 0.15) is 42.5 Å². The third kappa shape index (κ3) is 4.25. The zero-order valence-corrected chi connectivity index (χ0v) is 12.5. The number of nitrogens with one attached hydrogen (secondary N) is 1. The van der Waals surface area contributed by atoms with Crippen LogP contribution in [0.5, 0.6) is 0 Å². The topological polar surface area (TPSA) is 89.3 Å². The van der Waals surface area contributed by atoms with Crippen molar-refractivity contribution >= 4 is 15.9 Å². The average molecular weight is 314 g/mol. The van der Waals surface area contributed by atoms with Crippen LogP contribution >= 0.6 is 0 Å². The first-order valence-corrected chi connectivity index (χ1v) is 8.53. The number of sulfonamides is 1. The highest BCUT2D eigenvalue weighted by molar-refractivity contribution is 7.89. The zero-order chi connectivity index (χ0) is 15.5. The Kier molecular flexibility index (Phi) is 4.95. The van der Waals surface area contributed by atoms with Crippen molar-refractivity contribution in [2.24, 2.45) is 11.1 Å². The van der Waals surface area contributed by atoms with Crippen LogP contribution in [0.25, 0.3) is 0 Å². The summed E-state index contributed by atoms with van der Waals surface area (Å²) >= 11 is 0. The highest BCUT2D eigenvalue weighted by atomic mass is 32.2. The Balaban J connectivity index is 2.02. The van der Waals surface area contributed by atoms with Crippen LogP contribution in [-0.2, 0) is 10.0 Å². The minimum atomic E-state index is -3.97. The Hall–Kier alpha value is -1.47. The van der Waals surface area contributed by atoms with E-state index in [1.54, 1.807) is 0 Å². The molecule has 0 bridgehead atoms. The van der Waals surface area contributed by atoms with E-state index in [2.05, 4.69) is 5.32 Å². The lowest BCUT2D eigenvalue weighted by atomic mass is 9.89. The number of rotatable bonds is 4. The van der Waals surface area contributed by atoms with Gasteiger partial charge in [0.2, 0.25) is 10.0 Å². The summed E-state index contributed by atoms with van der Waals surface area (Å²) in [7, 11) is -3.97. The van der Waals surface area contributed by atoms with Gasteiger partial charge in [-0.2, -0.15) is 0 Å². The van der Waals surface area contributed by atoms with Crippen LogP contribution < -0.4 is 10.5 Å². The molecule has 0 aromatic heterocycles. The number of halogens is 1. The van der Waals surface area contributed by atoms with Crippen molar-refractivity contribution in [1.29, 1.82) is 0 Å². The van der Waals surface area contributed by atoms with E-state index in [9.17, 15) is 17.6 Å². The van der Waals surface area contributed by atoms with Crippen LogP contribution in [0, 0.1) is 11.7 Å². The molecule has 5 nitrogen and oxygen atoms in total. The molecule has 1 amide bonds. The molecule has 21 heavy (non-hydrogen) atoms. The van der Waals surface area contributed by atoms with Crippen molar-refractivity contribution in [3.63, 3.8) is 0 Å². The first-order chi connectivity index (χ1) is 9.88. The maximum Gasteiger partial charge on any atom is 0.254 e. The largest absolute Gasteiger partial charge is 0.352 e. The van der Waals surface area contributed by atoms with Crippen molar-refractivity contribution in [2.45, 2.75) is 37.0 Å². The van der Waals surface area contributed by atoms with Gasteiger partial charge in [0.05, 0.1) is 10.5 Å². The SMILES string of the molecule is NS(=O)(=O)c1ccc(C(=O)NCC2CCCCC2)c(F)c1. The zero-order valence-electron chi connectivity index (χ0n) is 11.6. The lowest BCUT2D eigenvalue weighted by molar-refractivity contribution is 0.0939. The maximum atomic E-state index is 13.8. The van der Waals surface area contributed by atoms with Crippen LogP contribution in [0.15, 0.2) is 23.1 Å². The molecular formula is C14H19FN2O3S. The number of primary sulfonamides is 1. The summed E-state index contributed by atoms with van der Waals surface area (Å²) in [5.41, 5.74) is -0.168. The number of carbonyl (C=O) groups excluding carboxylic acids is 1. The number of benzene rings is 1. The molecular weight excluding hydrogens is 295 g/mol. The van der Waals surface area contributed by atoms with E-state index >= 15 is 0 Å². The van der Waals surface area contributed by atoms with E-state index in [1.807, 2.05) is 0 Å². The second-order valence-corrected chi connectivity index (χ2v) is 6.96. The van der Waals surface area contributed by atoms with Gasteiger partial charge in [-0.1, -0.05) is 19.3 Å². The molecule has 0 spiro atoms. The number of carbonyl (C=O) groups is 1. The Labute approximate surface area is 123 Å². The normalized spacial score (nSPS) is 16.7. The van der Waals surface area contributed by atoms with Gasteiger partial charge in [0.15, 0.2) is 0 Å². The first kappa shape index (κ1) is 15.9. The monoisotopic (exact) mass is 314 g/mol. The van der Waals surface area contributed by atoms with Crippen molar-refractivity contribution in [3.05, 3.63) is 29.6 Å². The molecule has 1 fully saturated rings. The standard InChI is InChI=1S/C14H19FN2O3S/c15-13-8-11(21(16,19)20)6-7-12(13)14(18)17-9-10-4-2-1-3-5-10/h6-8,10H,1-5,9H2,(H,17,18)(H2,16,19,20). The number of hydrogen-bond donors (Lipinski definition) is 2. The molecule has 1 aromatic carbocycles. The van der Waals surface area contributed by atoms with Gasteiger partial charge in [0.25, 0.3) is 5.91 Å². The molecule has 116 valence electrons. The van der Waals surface area contributed by atoms with E-state index in [-0.39, 0.29) is 10.5 Å². The van der Waals surface area contributed by atoms with Gasteiger partial charge < -0.3 is 5.32 Å². The number of nitrogens with two attached hydrogens (primary N) is 1. The number of hydrogen-bond acceptors (Lipinski definition) is 3. The van der Waals surface area contributed by atoms with Crippen LogP contribution in [0.3, 0.4) is 0 Å². The quantitative estimate of drug-likeness (QED) is 0.888. The van der Waals surface area contributed by atoms with Crippen LogP contribution in [0.4, 0.5) is 4.39 Å². The summed E-state index contributed by atoms with van der Waals surface area (Å²) in [5.74, 6) is -0.976. The second-order valence-electron chi connectivity index (χ2n) is 5.40. The lowest BCUT2D eigenvalue weighted by Crippen LogP contribution is -2.30. The molecule has 1 aliphatic rings. The van der Waals surface area contributed by atoms with E-state index in [0.29, 0.717) is 12.5 Å². The third-order valence-electron chi connectivity index (χ3n) is 3.79. The van der Waals surface area contributed by atoms with Crippen LogP contribution in [-0.4, -0.2) is 20.9 Å². The Morgan fingerprint density at radius 2 is 1.95 bits per heavy atom. The average Bonchev–Trinajstić information content (AvgIpc) is 2.45. The molecule has 1 saturated carbocycles. The summed E-state index contributed by atoms with van der Waals surface area (Å²) in [6.07, 6.45) is 5.71. The molecule has 0 aliphatic heterocycles. The van der Waals surface area contributed by atoms with Gasteiger partial charge >= 0.3 is 0 Å². The molecule has 3 N–H and O–H groups in total. The predicted octanol–water partition coefficient (Wildman–Crippen LogP) is 1.78. The second kappa shape index (κ2) is 6.53. The van der Waals surface area contributed by atoms with E-state index < -0.39 is 21.7 Å². The molecule has 2 rings (SSSR count). The smallest absolute Gasteiger partial charge is 0.254 e. The van der Waals surface area contributed by atoms with Crippen molar-refractivity contribution in [1.82, 2.24) is 5.32 Å². The molecule has 7 heteroatoms. The van der Waals surface area contributed by atoms with Gasteiger partial charge in [-0.15, -0.1) is 0 Å². The summed E-state index contributed by atoms with van der Waals surface area (Å²) in [6, 6.07) is 3.05. The fraction of sp³-hybridized carbons (Fsp3) is 0.500. The predicted molar refractivity (Wildman–Crippen MR) is 76.7 cm³/mol.